The highest BCUT2D eigenvalue weighted by Crippen LogP contribution is 2.49. The molecule has 0 aromatic heterocycles. The summed E-state index contributed by atoms with van der Waals surface area (Å²) >= 11 is 5.82. The first-order valence-electron chi connectivity index (χ1n) is 6.85. The fourth-order valence-electron chi connectivity index (χ4n) is 2.56. The van der Waals surface area contributed by atoms with Gasteiger partial charge in [0.25, 0.3) is 0 Å². The molecule has 0 radical (unpaired) electrons. The van der Waals surface area contributed by atoms with Crippen molar-refractivity contribution in [2.24, 2.45) is 5.92 Å². The summed E-state index contributed by atoms with van der Waals surface area (Å²) < 4.78 is 5.60. The Kier molecular flexibility index (Phi) is 3.95. The van der Waals surface area contributed by atoms with Crippen LogP contribution in [0.1, 0.15) is 17.9 Å². The molecule has 0 bridgehead atoms. The number of benzene rings is 2. The number of halogens is 1. The number of aliphatic hydroxyl groups excluding tert-OH is 1. The SMILES string of the molecule is OC(COc1ccc(Cl)cc1)C1CC1c1ccccc1. The maximum atomic E-state index is 10.2. The second-order valence-corrected chi connectivity index (χ2v) is 5.69. The minimum Gasteiger partial charge on any atom is -0.491 e. The molecule has 104 valence electrons. The molecule has 3 unspecified atom stereocenters. The van der Waals surface area contributed by atoms with Gasteiger partial charge in [-0.25, -0.2) is 0 Å². The Balaban J connectivity index is 1.51. The van der Waals surface area contributed by atoms with E-state index in [1.807, 2.05) is 30.3 Å². The third-order valence-electron chi connectivity index (χ3n) is 3.80. The minimum atomic E-state index is -0.420. The first-order chi connectivity index (χ1) is 9.74. The largest absolute Gasteiger partial charge is 0.491 e. The van der Waals surface area contributed by atoms with Crippen molar-refractivity contribution in [2.75, 3.05) is 6.61 Å². The minimum absolute atomic E-state index is 0.310. The Morgan fingerprint density at radius 1 is 1.10 bits per heavy atom. The molecule has 0 aliphatic heterocycles. The van der Waals surface area contributed by atoms with Crippen LogP contribution in [0.2, 0.25) is 5.02 Å². The molecular weight excluding hydrogens is 272 g/mol. The molecule has 0 saturated heterocycles. The van der Waals surface area contributed by atoms with Crippen molar-refractivity contribution in [3.05, 3.63) is 65.2 Å². The van der Waals surface area contributed by atoms with Crippen molar-refractivity contribution in [1.82, 2.24) is 0 Å². The van der Waals surface area contributed by atoms with E-state index in [0.717, 1.165) is 12.2 Å². The Morgan fingerprint density at radius 2 is 1.80 bits per heavy atom. The summed E-state index contributed by atoms with van der Waals surface area (Å²) in [6.45, 7) is 0.329. The van der Waals surface area contributed by atoms with Crippen LogP contribution in [0.4, 0.5) is 0 Å². The monoisotopic (exact) mass is 288 g/mol. The van der Waals surface area contributed by atoms with Gasteiger partial charge in [0.05, 0.1) is 6.10 Å². The van der Waals surface area contributed by atoms with E-state index in [2.05, 4.69) is 12.1 Å². The van der Waals surface area contributed by atoms with Gasteiger partial charge in [0.15, 0.2) is 0 Å². The highest BCUT2D eigenvalue weighted by molar-refractivity contribution is 6.30. The molecule has 1 aliphatic carbocycles. The summed E-state index contributed by atoms with van der Waals surface area (Å²) in [4.78, 5) is 0. The molecule has 1 N–H and O–H groups in total. The number of rotatable bonds is 5. The Labute approximate surface area is 124 Å². The highest BCUT2D eigenvalue weighted by Gasteiger charge is 2.43. The van der Waals surface area contributed by atoms with Gasteiger partial charge >= 0.3 is 0 Å². The lowest BCUT2D eigenvalue weighted by Crippen LogP contribution is -2.20. The van der Waals surface area contributed by atoms with Crippen molar-refractivity contribution in [3.8, 4) is 5.75 Å². The molecule has 3 atom stereocenters. The zero-order valence-electron chi connectivity index (χ0n) is 11.1. The summed E-state index contributed by atoms with van der Waals surface area (Å²) in [5.41, 5.74) is 1.31. The van der Waals surface area contributed by atoms with Gasteiger partial charge in [-0.15, -0.1) is 0 Å². The van der Waals surface area contributed by atoms with Crippen LogP contribution in [0, 0.1) is 5.92 Å². The van der Waals surface area contributed by atoms with Crippen molar-refractivity contribution in [2.45, 2.75) is 18.4 Å². The lowest BCUT2D eigenvalue weighted by Gasteiger charge is -2.12. The van der Waals surface area contributed by atoms with E-state index in [-0.39, 0.29) is 0 Å². The summed E-state index contributed by atoms with van der Waals surface area (Å²) in [7, 11) is 0. The number of hydrogen-bond acceptors (Lipinski definition) is 2. The zero-order chi connectivity index (χ0) is 13.9. The normalized spacial score (nSPS) is 22.3. The fraction of sp³-hybridized carbons (Fsp3) is 0.294. The van der Waals surface area contributed by atoms with Crippen LogP contribution in [-0.4, -0.2) is 17.8 Å². The molecule has 3 heteroatoms. The average molecular weight is 289 g/mol. The van der Waals surface area contributed by atoms with Crippen LogP contribution in [0.5, 0.6) is 5.75 Å². The van der Waals surface area contributed by atoms with Crippen LogP contribution in [0.3, 0.4) is 0 Å². The number of ether oxygens (including phenoxy) is 1. The molecule has 2 aromatic rings. The summed E-state index contributed by atoms with van der Waals surface area (Å²) in [5.74, 6) is 1.52. The second-order valence-electron chi connectivity index (χ2n) is 5.25. The lowest BCUT2D eigenvalue weighted by molar-refractivity contribution is 0.0877. The molecule has 2 nitrogen and oxygen atoms in total. The van der Waals surface area contributed by atoms with E-state index in [4.69, 9.17) is 16.3 Å². The quantitative estimate of drug-likeness (QED) is 0.905. The van der Waals surface area contributed by atoms with Gasteiger partial charge < -0.3 is 9.84 Å². The predicted molar refractivity (Wildman–Crippen MR) is 80.2 cm³/mol. The number of hydrogen-bond donors (Lipinski definition) is 1. The fourth-order valence-corrected chi connectivity index (χ4v) is 2.69. The molecule has 1 aliphatic rings. The summed E-state index contributed by atoms with van der Waals surface area (Å²) in [6.07, 6.45) is 0.616. The average Bonchev–Trinajstić information content (AvgIpc) is 3.28. The first-order valence-corrected chi connectivity index (χ1v) is 7.23. The third-order valence-corrected chi connectivity index (χ3v) is 4.05. The van der Waals surface area contributed by atoms with Crippen LogP contribution >= 0.6 is 11.6 Å². The molecule has 0 spiro atoms. The van der Waals surface area contributed by atoms with Gasteiger partial charge in [0, 0.05) is 5.02 Å². The Bertz CT molecular complexity index is 553. The maximum absolute atomic E-state index is 10.2. The summed E-state index contributed by atoms with van der Waals surface area (Å²) in [5, 5.41) is 10.9. The first kappa shape index (κ1) is 13.5. The molecule has 0 amide bonds. The van der Waals surface area contributed by atoms with E-state index in [9.17, 15) is 5.11 Å². The molecule has 3 rings (SSSR count). The maximum Gasteiger partial charge on any atom is 0.119 e. The number of aliphatic hydroxyl groups is 1. The standard InChI is InChI=1S/C17H17ClO2/c18-13-6-8-14(9-7-13)20-11-17(19)16-10-15(16)12-4-2-1-3-5-12/h1-9,15-17,19H,10-11H2. The molecule has 1 saturated carbocycles. The van der Waals surface area contributed by atoms with Crippen molar-refractivity contribution >= 4 is 11.6 Å². The molecule has 0 heterocycles. The molecular formula is C17H17ClO2. The lowest BCUT2D eigenvalue weighted by atomic mass is 10.1. The van der Waals surface area contributed by atoms with E-state index in [1.54, 1.807) is 12.1 Å². The van der Waals surface area contributed by atoms with Crippen LogP contribution < -0.4 is 4.74 Å². The third kappa shape index (κ3) is 3.14. The molecule has 1 fully saturated rings. The van der Waals surface area contributed by atoms with Crippen LogP contribution in [0.25, 0.3) is 0 Å². The molecule has 2 aromatic carbocycles. The topological polar surface area (TPSA) is 29.5 Å². The van der Waals surface area contributed by atoms with E-state index in [1.165, 1.54) is 5.56 Å². The van der Waals surface area contributed by atoms with Gasteiger partial charge in [-0.05, 0) is 48.1 Å². The van der Waals surface area contributed by atoms with Crippen LogP contribution in [0.15, 0.2) is 54.6 Å². The highest BCUT2D eigenvalue weighted by atomic mass is 35.5. The van der Waals surface area contributed by atoms with Gasteiger partial charge in [0.1, 0.15) is 12.4 Å². The second kappa shape index (κ2) is 5.86. The summed E-state index contributed by atoms with van der Waals surface area (Å²) in [6, 6.07) is 17.5. The van der Waals surface area contributed by atoms with Gasteiger partial charge in [-0.1, -0.05) is 41.9 Å². The Hall–Kier alpha value is -1.51. The van der Waals surface area contributed by atoms with Crippen molar-refractivity contribution in [3.63, 3.8) is 0 Å². The van der Waals surface area contributed by atoms with Crippen LogP contribution in [-0.2, 0) is 0 Å². The van der Waals surface area contributed by atoms with Gasteiger partial charge in [-0.2, -0.15) is 0 Å². The Morgan fingerprint density at radius 3 is 2.50 bits per heavy atom. The van der Waals surface area contributed by atoms with Gasteiger partial charge in [-0.3, -0.25) is 0 Å². The smallest absolute Gasteiger partial charge is 0.119 e. The van der Waals surface area contributed by atoms with Gasteiger partial charge in [0.2, 0.25) is 0 Å². The van der Waals surface area contributed by atoms with Crippen molar-refractivity contribution in [1.29, 1.82) is 0 Å². The van der Waals surface area contributed by atoms with E-state index in [0.29, 0.717) is 23.5 Å². The van der Waals surface area contributed by atoms with E-state index >= 15 is 0 Å². The zero-order valence-corrected chi connectivity index (χ0v) is 11.8. The molecule has 20 heavy (non-hydrogen) atoms. The van der Waals surface area contributed by atoms with E-state index < -0.39 is 6.10 Å². The predicted octanol–water partition coefficient (Wildman–Crippen LogP) is 3.88. The van der Waals surface area contributed by atoms with Crippen molar-refractivity contribution < 1.29 is 9.84 Å².